The minimum Gasteiger partial charge on any atom is -0.454 e. The van der Waals surface area contributed by atoms with Crippen molar-refractivity contribution in [1.29, 1.82) is 0 Å². The van der Waals surface area contributed by atoms with Crippen molar-refractivity contribution in [2.75, 3.05) is 10.6 Å². The number of rotatable bonds is 5. The first-order valence-electron chi connectivity index (χ1n) is 8.01. The highest BCUT2D eigenvalue weighted by molar-refractivity contribution is 7.14. The molecule has 2 aromatic heterocycles. The number of hydrogen-bond donors (Lipinski definition) is 1. The van der Waals surface area contributed by atoms with Crippen LogP contribution in [-0.4, -0.2) is 26.8 Å². The SMILES string of the molecule is CC(=O)N(c1cccc(C)c1)c1nc(COC(=O)c2nccnc2N)cs1. The highest BCUT2D eigenvalue weighted by atomic mass is 32.1. The van der Waals surface area contributed by atoms with E-state index in [1.807, 2.05) is 31.2 Å². The maximum absolute atomic E-state index is 12.1. The van der Waals surface area contributed by atoms with Crippen LogP contribution in [0.25, 0.3) is 0 Å². The number of hydrogen-bond acceptors (Lipinski definition) is 8. The van der Waals surface area contributed by atoms with Gasteiger partial charge in [-0.15, -0.1) is 11.3 Å². The van der Waals surface area contributed by atoms with Crippen molar-refractivity contribution in [2.24, 2.45) is 0 Å². The number of aryl methyl sites for hydroxylation is 1. The fourth-order valence-corrected chi connectivity index (χ4v) is 3.24. The predicted molar refractivity (Wildman–Crippen MR) is 102 cm³/mol. The van der Waals surface area contributed by atoms with Crippen LogP contribution in [0.15, 0.2) is 42.0 Å². The summed E-state index contributed by atoms with van der Waals surface area (Å²) in [6, 6.07) is 7.57. The van der Waals surface area contributed by atoms with Crippen LogP contribution in [0.5, 0.6) is 0 Å². The van der Waals surface area contributed by atoms with Crippen LogP contribution in [-0.2, 0) is 16.1 Å². The van der Waals surface area contributed by atoms with Crippen molar-refractivity contribution in [3.63, 3.8) is 0 Å². The molecule has 138 valence electrons. The van der Waals surface area contributed by atoms with E-state index >= 15 is 0 Å². The first-order chi connectivity index (χ1) is 13.0. The summed E-state index contributed by atoms with van der Waals surface area (Å²) in [6.45, 7) is 3.36. The summed E-state index contributed by atoms with van der Waals surface area (Å²) in [5, 5.41) is 2.23. The van der Waals surface area contributed by atoms with Gasteiger partial charge >= 0.3 is 5.97 Å². The Hall–Kier alpha value is -3.33. The molecule has 0 aliphatic heterocycles. The molecule has 0 unspecified atom stereocenters. The number of benzene rings is 1. The Bertz CT molecular complexity index is 988. The third-order valence-corrected chi connectivity index (χ3v) is 4.45. The van der Waals surface area contributed by atoms with Crippen LogP contribution >= 0.6 is 11.3 Å². The summed E-state index contributed by atoms with van der Waals surface area (Å²) < 4.78 is 5.19. The quantitative estimate of drug-likeness (QED) is 0.674. The van der Waals surface area contributed by atoms with E-state index in [0.717, 1.165) is 11.3 Å². The third kappa shape index (κ3) is 4.26. The Morgan fingerprint density at radius 3 is 2.74 bits per heavy atom. The first-order valence-corrected chi connectivity index (χ1v) is 8.89. The molecule has 1 aromatic carbocycles. The van der Waals surface area contributed by atoms with Crippen molar-refractivity contribution in [3.05, 3.63) is 59.0 Å². The van der Waals surface area contributed by atoms with Gasteiger partial charge in [0, 0.05) is 24.7 Å². The predicted octanol–water partition coefficient (Wildman–Crippen LogP) is 2.87. The summed E-state index contributed by atoms with van der Waals surface area (Å²) in [5.41, 5.74) is 7.85. The van der Waals surface area contributed by atoms with Crippen molar-refractivity contribution in [2.45, 2.75) is 20.5 Å². The molecule has 27 heavy (non-hydrogen) atoms. The Morgan fingerprint density at radius 2 is 2.04 bits per heavy atom. The molecule has 2 heterocycles. The number of aromatic nitrogens is 3. The van der Waals surface area contributed by atoms with E-state index in [2.05, 4.69) is 15.0 Å². The van der Waals surface area contributed by atoms with Gasteiger partial charge in [-0.25, -0.2) is 19.7 Å². The lowest BCUT2D eigenvalue weighted by Crippen LogP contribution is -2.22. The largest absolute Gasteiger partial charge is 0.454 e. The van der Waals surface area contributed by atoms with Gasteiger partial charge in [0.25, 0.3) is 0 Å². The van der Waals surface area contributed by atoms with Gasteiger partial charge in [0.15, 0.2) is 16.6 Å². The zero-order valence-electron chi connectivity index (χ0n) is 14.7. The van der Waals surface area contributed by atoms with Crippen LogP contribution in [0.4, 0.5) is 16.6 Å². The Labute approximate surface area is 159 Å². The molecule has 0 radical (unpaired) electrons. The number of esters is 1. The number of nitrogens with two attached hydrogens (primary N) is 1. The molecule has 3 aromatic rings. The number of nitrogen functional groups attached to an aromatic ring is 1. The molecular weight excluding hydrogens is 366 g/mol. The van der Waals surface area contributed by atoms with Gasteiger partial charge in [0.2, 0.25) is 5.91 Å². The maximum atomic E-state index is 12.1. The summed E-state index contributed by atoms with van der Waals surface area (Å²) in [4.78, 5) is 37.8. The maximum Gasteiger partial charge on any atom is 0.361 e. The molecule has 0 aliphatic carbocycles. The number of ether oxygens (including phenoxy) is 1. The lowest BCUT2D eigenvalue weighted by atomic mass is 10.2. The minimum atomic E-state index is -0.683. The molecule has 0 atom stereocenters. The zero-order valence-corrected chi connectivity index (χ0v) is 15.6. The normalized spacial score (nSPS) is 10.4. The van der Waals surface area contributed by atoms with E-state index in [4.69, 9.17) is 10.5 Å². The van der Waals surface area contributed by atoms with E-state index in [-0.39, 0.29) is 24.0 Å². The molecule has 3 rings (SSSR count). The Kier molecular flexibility index (Phi) is 5.41. The first kappa shape index (κ1) is 18.5. The standard InChI is InChI=1S/C18H17N5O3S/c1-11-4-3-5-14(8-11)23(12(2)24)18-22-13(10-27-18)9-26-17(25)15-16(19)21-7-6-20-15/h3-8,10H,9H2,1-2H3,(H2,19,21). The second-order valence-corrected chi connectivity index (χ2v) is 6.52. The molecule has 0 spiro atoms. The van der Waals surface area contributed by atoms with Crippen molar-refractivity contribution in [1.82, 2.24) is 15.0 Å². The molecule has 0 saturated carbocycles. The molecule has 8 nitrogen and oxygen atoms in total. The van der Waals surface area contributed by atoms with Gasteiger partial charge < -0.3 is 10.5 Å². The number of amides is 1. The minimum absolute atomic E-state index is 0.00340. The van der Waals surface area contributed by atoms with Crippen LogP contribution in [0.2, 0.25) is 0 Å². The number of carbonyl (C=O) groups is 2. The molecule has 0 saturated heterocycles. The average molecular weight is 383 g/mol. The fourth-order valence-electron chi connectivity index (χ4n) is 2.37. The van der Waals surface area contributed by atoms with E-state index in [9.17, 15) is 9.59 Å². The Morgan fingerprint density at radius 1 is 1.26 bits per heavy atom. The summed E-state index contributed by atoms with van der Waals surface area (Å²) in [5.74, 6) is -0.841. The molecule has 9 heteroatoms. The highest BCUT2D eigenvalue weighted by Gasteiger charge is 2.19. The van der Waals surface area contributed by atoms with Crippen LogP contribution in [0.1, 0.15) is 28.7 Å². The molecule has 1 amide bonds. The number of thiazole rings is 1. The molecule has 0 fully saturated rings. The van der Waals surface area contributed by atoms with Gasteiger partial charge in [0.1, 0.15) is 6.61 Å². The van der Waals surface area contributed by atoms with Crippen molar-refractivity contribution < 1.29 is 14.3 Å². The number of anilines is 3. The second kappa shape index (κ2) is 7.92. The lowest BCUT2D eigenvalue weighted by molar-refractivity contribution is -0.115. The van der Waals surface area contributed by atoms with E-state index < -0.39 is 5.97 Å². The van der Waals surface area contributed by atoms with Crippen LogP contribution < -0.4 is 10.6 Å². The van der Waals surface area contributed by atoms with Crippen LogP contribution in [0.3, 0.4) is 0 Å². The van der Waals surface area contributed by atoms with E-state index in [1.165, 1.54) is 35.6 Å². The van der Waals surface area contributed by atoms with Gasteiger partial charge in [-0.1, -0.05) is 12.1 Å². The molecule has 2 N–H and O–H groups in total. The average Bonchev–Trinajstić information content (AvgIpc) is 3.08. The van der Waals surface area contributed by atoms with Crippen LogP contribution in [0, 0.1) is 6.92 Å². The van der Waals surface area contributed by atoms with Crippen molar-refractivity contribution >= 4 is 39.9 Å². The Balaban J connectivity index is 1.74. The number of carbonyl (C=O) groups excluding carboxylic acids is 2. The molecule has 0 bridgehead atoms. The summed E-state index contributed by atoms with van der Waals surface area (Å²) in [7, 11) is 0. The topological polar surface area (TPSA) is 111 Å². The van der Waals surface area contributed by atoms with E-state index in [0.29, 0.717) is 10.8 Å². The molecule has 0 aliphatic rings. The van der Waals surface area contributed by atoms with Gasteiger partial charge in [-0.3, -0.25) is 9.69 Å². The summed E-state index contributed by atoms with van der Waals surface area (Å²) in [6.07, 6.45) is 2.75. The summed E-state index contributed by atoms with van der Waals surface area (Å²) >= 11 is 1.29. The second-order valence-electron chi connectivity index (χ2n) is 5.68. The zero-order chi connectivity index (χ0) is 19.4. The van der Waals surface area contributed by atoms with Gasteiger partial charge in [-0.2, -0.15) is 0 Å². The highest BCUT2D eigenvalue weighted by Crippen LogP contribution is 2.29. The van der Waals surface area contributed by atoms with E-state index in [1.54, 1.807) is 5.38 Å². The fraction of sp³-hybridized carbons (Fsp3) is 0.167. The molecular formula is C18H17N5O3S. The smallest absolute Gasteiger partial charge is 0.361 e. The lowest BCUT2D eigenvalue weighted by Gasteiger charge is -2.18. The third-order valence-electron chi connectivity index (χ3n) is 3.58. The van der Waals surface area contributed by atoms with Gasteiger partial charge in [0.05, 0.1) is 11.4 Å². The van der Waals surface area contributed by atoms with Crippen molar-refractivity contribution in [3.8, 4) is 0 Å². The monoisotopic (exact) mass is 383 g/mol. The van der Waals surface area contributed by atoms with Gasteiger partial charge in [-0.05, 0) is 24.6 Å². The number of nitrogens with zero attached hydrogens (tertiary/aromatic N) is 4.